The van der Waals surface area contributed by atoms with E-state index in [4.69, 9.17) is 23.2 Å². The van der Waals surface area contributed by atoms with Gasteiger partial charge in [-0.25, -0.2) is 4.98 Å². The molecule has 0 saturated carbocycles. The van der Waals surface area contributed by atoms with Gasteiger partial charge in [0, 0.05) is 16.8 Å². The Bertz CT molecular complexity index is 873. The summed E-state index contributed by atoms with van der Waals surface area (Å²) in [7, 11) is 0. The lowest BCUT2D eigenvalue weighted by atomic mass is 10.2. The molecule has 0 atom stereocenters. The first kappa shape index (κ1) is 14.6. The average molecular weight is 329 g/mol. The number of rotatable bonds is 1. The number of hydrogen-bond donors (Lipinski definition) is 0. The van der Waals surface area contributed by atoms with Crippen molar-refractivity contribution in [2.45, 2.75) is 6.92 Å². The fraction of sp³-hybridized carbons (Fsp3) is 0.0625. The number of nitrogens with zero attached hydrogens (tertiary/aromatic N) is 4. The fourth-order valence-corrected chi connectivity index (χ4v) is 2.20. The van der Waals surface area contributed by atoms with Gasteiger partial charge in [-0.15, -0.1) is 10.2 Å². The maximum Gasteiger partial charge on any atom is 0.160 e. The van der Waals surface area contributed by atoms with Crippen molar-refractivity contribution in [2.24, 2.45) is 0 Å². The first-order valence-corrected chi connectivity index (χ1v) is 7.20. The molecule has 0 aliphatic carbocycles. The zero-order chi connectivity index (χ0) is 15.5. The lowest BCUT2D eigenvalue weighted by molar-refractivity contribution is 0.880. The number of hydrogen-bond acceptors (Lipinski definition) is 3. The smallest absolute Gasteiger partial charge is 0.160 e. The van der Waals surface area contributed by atoms with Crippen molar-refractivity contribution >= 4 is 23.2 Å². The summed E-state index contributed by atoms with van der Waals surface area (Å²) in [5, 5.41) is 8.86. The minimum Gasteiger partial charge on any atom is -0.285 e. The number of aryl methyl sites for hydroxylation is 1. The Morgan fingerprint density at radius 3 is 2.64 bits per heavy atom. The van der Waals surface area contributed by atoms with E-state index in [-0.39, 0.29) is 0 Å². The highest BCUT2D eigenvalue weighted by atomic mass is 35.5. The molecule has 0 radical (unpaired) electrons. The minimum absolute atomic E-state index is 0.350. The van der Waals surface area contributed by atoms with Crippen molar-refractivity contribution < 1.29 is 0 Å². The summed E-state index contributed by atoms with van der Waals surface area (Å²) in [5.41, 5.74) is 1.49. The molecule has 6 heteroatoms. The van der Waals surface area contributed by atoms with Gasteiger partial charge in [-0.3, -0.25) is 4.57 Å². The molecule has 0 amide bonds. The summed E-state index contributed by atoms with van der Waals surface area (Å²) in [5.74, 6) is 7.47. The molecule has 108 valence electrons. The molecule has 22 heavy (non-hydrogen) atoms. The molecule has 0 aliphatic rings. The summed E-state index contributed by atoms with van der Waals surface area (Å²) in [6.07, 6.45) is 1.81. The van der Waals surface area contributed by atoms with Crippen LogP contribution in [0.15, 0.2) is 42.6 Å². The van der Waals surface area contributed by atoms with E-state index < -0.39 is 0 Å². The summed E-state index contributed by atoms with van der Waals surface area (Å²) in [6.45, 7) is 1.88. The Labute approximate surface area is 137 Å². The SMILES string of the molecule is Cc1nc(C#Cc2cccc(Cl)c2)cn1-c1ccc(Cl)nn1. The van der Waals surface area contributed by atoms with Gasteiger partial charge in [-0.1, -0.05) is 35.2 Å². The Kier molecular flexibility index (Phi) is 4.10. The summed E-state index contributed by atoms with van der Waals surface area (Å²) in [6, 6.07) is 10.8. The molecule has 0 fully saturated rings. The molecule has 0 unspecified atom stereocenters. The largest absolute Gasteiger partial charge is 0.285 e. The molecule has 1 aromatic carbocycles. The van der Waals surface area contributed by atoms with E-state index in [9.17, 15) is 0 Å². The van der Waals surface area contributed by atoms with Crippen molar-refractivity contribution in [2.75, 3.05) is 0 Å². The third kappa shape index (κ3) is 3.28. The Morgan fingerprint density at radius 1 is 1.05 bits per heavy atom. The second-order valence-corrected chi connectivity index (χ2v) is 5.34. The first-order chi connectivity index (χ1) is 10.6. The monoisotopic (exact) mass is 328 g/mol. The third-order valence-electron chi connectivity index (χ3n) is 2.91. The number of benzene rings is 1. The van der Waals surface area contributed by atoms with Gasteiger partial charge in [0.2, 0.25) is 0 Å². The predicted molar refractivity (Wildman–Crippen MR) is 86.3 cm³/mol. The Balaban J connectivity index is 1.91. The van der Waals surface area contributed by atoms with Crippen molar-refractivity contribution in [1.29, 1.82) is 0 Å². The standard InChI is InChI=1S/C16H10Cl2N4/c1-11-19-14(6-5-12-3-2-4-13(17)9-12)10-22(11)16-8-7-15(18)20-21-16/h2-4,7-10H,1H3. The Morgan fingerprint density at radius 2 is 1.91 bits per heavy atom. The molecular weight excluding hydrogens is 319 g/mol. The van der Waals surface area contributed by atoms with Gasteiger partial charge in [-0.2, -0.15) is 0 Å². The average Bonchev–Trinajstić information content (AvgIpc) is 2.87. The van der Waals surface area contributed by atoms with Gasteiger partial charge in [0.15, 0.2) is 11.0 Å². The normalized spacial score (nSPS) is 10.1. The van der Waals surface area contributed by atoms with E-state index in [0.29, 0.717) is 21.7 Å². The third-order valence-corrected chi connectivity index (χ3v) is 3.34. The maximum absolute atomic E-state index is 5.94. The van der Waals surface area contributed by atoms with Crippen LogP contribution in [-0.4, -0.2) is 19.7 Å². The van der Waals surface area contributed by atoms with Gasteiger partial charge in [0.25, 0.3) is 0 Å². The van der Waals surface area contributed by atoms with Crippen LogP contribution in [0.4, 0.5) is 0 Å². The van der Waals surface area contributed by atoms with Crippen LogP contribution in [0.25, 0.3) is 5.82 Å². The van der Waals surface area contributed by atoms with Crippen LogP contribution >= 0.6 is 23.2 Å². The lowest BCUT2D eigenvalue weighted by Crippen LogP contribution is -1.99. The maximum atomic E-state index is 5.94. The van der Waals surface area contributed by atoms with Crippen LogP contribution in [0, 0.1) is 18.8 Å². The van der Waals surface area contributed by atoms with E-state index in [1.807, 2.05) is 42.0 Å². The fourth-order valence-electron chi connectivity index (χ4n) is 1.90. The van der Waals surface area contributed by atoms with Gasteiger partial charge in [-0.05, 0) is 43.2 Å². The van der Waals surface area contributed by atoms with Crippen molar-refractivity contribution in [3.05, 3.63) is 69.9 Å². The van der Waals surface area contributed by atoms with Crippen molar-refractivity contribution in [3.8, 4) is 17.7 Å². The number of aromatic nitrogens is 4. The quantitative estimate of drug-likeness (QED) is 0.640. The zero-order valence-electron chi connectivity index (χ0n) is 11.6. The minimum atomic E-state index is 0.350. The van der Waals surface area contributed by atoms with Crippen LogP contribution in [0.2, 0.25) is 10.2 Å². The molecule has 2 heterocycles. The molecule has 0 N–H and O–H groups in total. The van der Waals surface area contributed by atoms with Gasteiger partial charge in [0.05, 0.1) is 0 Å². The lowest BCUT2D eigenvalue weighted by Gasteiger charge is -2.01. The van der Waals surface area contributed by atoms with E-state index >= 15 is 0 Å². The molecule has 4 nitrogen and oxygen atoms in total. The highest BCUT2D eigenvalue weighted by molar-refractivity contribution is 6.30. The molecule has 0 saturated heterocycles. The van der Waals surface area contributed by atoms with Crippen molar-refractivity contribution in [1.82, 2.24) is 19.7 Å². The number of imidazole rings is 1. The molecular formula is C16H10Cl2N4. The van der Waals surface area contributed by atoms with Crippen molar-refractivity contribution in [3.63, 3.8) is 0 Å². The highest BCUT2D eigenvalue weighted by Gasteiger charge is 2.06. The highest BCUT2D eigenvalue weighted by Crippen LogP contribution is 2.12. The molecule has 0 bridgehead atoms. The van der Waals surface area contributed by atoms with E-state index in [0.717, 1.165) is 11.4 Å². The molecule has 0 aliphatic heterocycles. The van der Waals surface area contributed by atoms with Crippen LogP contribution in [-0.2, 0) is 0 Å². The Hall–Kier alpha value is -2.35. The van der Waals surface area contributed by atoms with Gasteiger partial charge in [0.1, 0.15) is 11.5 Å². The molecule has 2 aromatic heterocycles. The second-order valence-electron chi connectivity index (χ2n) is 4.52. The van der Waals surface area contributed by atoms with Crippen LogP contribution in [0.1, 0.15) is 17.1 Å². The van der Waals surface area contributed by atoms with Crippen LogP contribution < -0.4 is 0 Å². The molecule has 3 aromatic rings. The second kappa shape index (κ2) is 6.18. The predicted octanol–water partition coefficient (Wildman–Crippen LogP) is 3.68. The topological polar surface area (TPSA) is 43.6 Å². The van der Waals surface area contributed by atoms with Crippen LogP contribution in [0.5, 0.6) is 0 Å². The van der Waals surface area contributed by atoms with Gasteiger partial charge >= 0.3 is 0 Å². The van der Waals surface area contributed by atoms with E-state index in [1.54, 1.807) is 12.1 Å². The molecule has 0 spiro atoms. The first-order valence-electron chi connectivity index (χ1n) is 6.45. The van der Waals surface area contributed by atoms with E-state index in [1.165, 1.54) is 0 Å². The van der Waals surface area contributed by atoms with Crippen LogP contribution in [0.3, 0.4) is 0 Å². The van der Waals surface area contributed by atoms with E-state index in [2.05, 4.69) is 27.0 Å². The van der Waals surface area contributed by atoms with Gasteiger partial charge < -0.3 is 0 Å². The number of halogens is 2. The summed E-state index contributed by atoms with van der Waals surface area (Å²) in [4.78, 5) is 4.40. The zero-order valence-corrected chi connectivity index (χ0v) is 13.1. The summed E-state index contributed by atoms with van der Waals surface area (Å²) < 4.78 is 1.81. The molecule has 3 rings (SSSR count). The summed E-state index contributed by atoms with van der Waals surface area (Å²) >= 11 is 11.7.